The molecule has 2 aromatic rings. The lowest BCUT2D eigenvalue weighted by molar-refractivity contribution is -0.140. The minimum absolute atomic E-state index is 0.285. The van der Waals surface area contributed by atoms with Gasteiger partial charge >= 0.3 is 5.97 Å². The monoisotopic (exact) mass is 483 g/mol. The van der Waals surface area contributed by atoms with Gasteiger partial charge in [0.15, 0.2) is 11.5 Å². The molecule has 2 rings (SSSR count). The van der Waals surface area contributed by atoms with Crippen molar-refractivity contribution in [1.82, 2.24) is 5.32 Å². The van der Waals surface area contributed by atoms with Crippen LogP contribution in [0, 0.1) is 5.92 Å². The normalized spacial score (nSPS) is 12.1. The zero-order valence-corrected chi connectivity index (χ0v) is 19.2. The molecule has 0 fully saturated rings. The first-order valence-electron chi connectivity index (χ1n) is 9.58. The molecule has 1 atom stereocenters. The van der Waals surface area contributed by atoms with Gasteiger partial charge in [0.25, 0.3) is 0 Å². The van der Waals surface area contributed by atoms with E-state index in [4.69, 9.17) is 21.1 Å². The molecule has 0 heterocycles. The topological polar surface area (TPSA) is 67.8 Å². The molecule has 0 aliphatic heterocycles. The first-order chi connectivity index (χ1) is 13.8. The van der Waals surface area contributed by atoms with Gasteiger partial charge in [-0.05, 0) is 54.7 Å². The lowest BCUT2D eigenvalue weighted by Crippen LogP contribution is -2.37. The van der Waals surface area contributed by atoms with Crippen LogP contribution in [0.15, 0.2) is 40.9 Å². The highest BCUT2D eigenvalue weighted by atomic mass is 79.9. The average molecular weight is 485 g/mol. The zero-order chi connectivity index (χ0) is 21.4. The molecule has 0 radical (unpaired) electrons. The van der Waals surface area contributed by atoms with Gasteiger partial charge in [0.2, 0.25) is 0 Å². The maximum absolute atomic E-state index is 11.5. The molecule has 0 aliphatic carbocycles. The summed E-state index contributed by atoms with van der Waals surface area (Å²) in [4.78, 5) is 11.5. The van der Waals surface area contributed by atoms with E-state index in [-0.39, 0.29) is 5.92 Å². The van der Waals surface area contributed by atoms with E-state index in [2.05, 4.69) is 21.2 Å². The number of carboxylic acids is 1. The van der Waals surface area contributed by atoms with Crippen molar-refractivity contribution < 1.29 is 19.4 Å². The van der Waals surface area contributed by atoms with E-state index < -0.39 is 12.0 Å². The van der Waals surface area contributed by atoms with E-state index in [0.29, 0.717) is 42.7 Å². The summed E-state index contributed by atoms with van der Waals surface area (Å²) >= 11 is 9.60. The van der Waals surface area contributed by atoms with E-state index in [1.54, 1.807) is 0 Å². The summed E-state index contributed by atoms with van der Waals surface area (Å²) in [6, 6.07) is 10.6. The predicted molar refractivity (Wildman–Crippen MR) is 119 cm³/mol. The molecule has 0 bridgehead atoms. The van der Waals surface area contributed by atoms with Crippen LogP contribution in [-0.4, -0.2) is 23.7 Å². The van der Waals surface area contributed by atoms with Crippen molar-refractivity contribution in [3.05, 3.63) is 57.0 Å². The van der Waals surface area contributed by atoms with E-state index in [9.17, 15) is 9.90 Å². The lowest BCUT2D eigenvalue weighted by atomic mass is 10.0. The fourth-order valence-electron chi connectivity index (χ4n) is 2.86. The van der Waals surface area contributed by atoms with Crippen LogP contribution >= 0.6 is 27.5 Å². The number of benzene rings is 2. The van der Waals surface area contributed by atoms with Crippen molar-refractivity contribution in [2.45, 2.75) is 46.4 Å². The fraction of sp³-hybridized carbons (Fsp3) is 0.409. The molecule has 1 unspecified atom stereocenters. The first kappa shape index (κ1) is 23.5. The number of ether oxygens (including phenoxy) is 2. The van der Waals surface area contributed by atoms with Gasteiger partial charge in [0.1, 0.15) is 12.6 Å². The zero-order valence-electron chi connectivity index (χ0n) is 16.9. The third kappa shape index (κ3) is 7.53. The Bertz CT molecular complexity index is 828. The number of carbonyl (C=O) groups is 1. The summed E-state index contributed by atoms with van der Waals surface area (Å²) in [6.07, 6.45) is 0.562. The minimum atomic E-state index is -0.846. The Morgan fingerprint density at radius 1 is 1.21 bits per heavy atom. The number of nitrogens with one attached hydrogen (secondary N) is 1. The molecule has 0 aromatic heterocycles. The van der Waals surface area contributed by atoms with Crippen molar-refractivity contribution >= 4 is 33.5 Å². The van der Waals surface area contributed by atoms with Crippen LogP contribution in [-0.2, 0) is 17.9 Å². The third-order valence-corrected chi connectivity index (χ3v) is 5.21. The summed E-state index contributed by atoms with van der Waals surface area (Å²) in [5.74, 6) is 0.666. The second-order valence-electron chi connectivity index (χ2n) is 7.14. The number of halogens is 2. The summed E-state index contributed by atoms with van der Waals surface area (Å²) in [5.41, 5.74) is 1.86. The van der Waals surface area contributed by atoms with Crippen LogP contribution in [0.2, 0.25) is 5.02 Å². The number of hydrogen-bond donors (Lipinski definition) is 2. The van der Waals surface area contributed by atoms with Crippen molar-refractivity contribution in [1.29, 1.82) is 0 Å². The highest BCUT2D eigenvalue weighted by Crippen LogP contribution is 2.34. The molecule has 158 valence electrons. The Hall–Kier alpha value is -1.76. The fourth-order valence-corrected chi connectivity index (χ4v) is 3.53. The van der Waals surface area contributed by atoms with E-state index >= 15 is 0 Å². The third-order valence-electron chi connectivity index (χ3n) is 4.24. The standard InChI is InChI=1S/C22H27BrClNO4/c1-4-28-20-10-16(12-25-19(22(26)27)8-14(2)3)18(23)11-21(20)29-13-15-6-5-7-17(24)9-15/h5-7,9-11,14,19,25H,4,8,12-13H2,1-3H3,(H,26,27). The molecule has 29 heavy (non-hydrogen) atoms. The minimum Gasteiger partial charge on any atom is -0.490 e. The van der Waals surface area contributed by atoms with Crippen LogP contribution in [0.5, 0.6) is 11.5 Å². The smallest absolute Gasteiger partial charge is 0.320 e. The molecule has 0 aliphatic rings. The van der Waals surface area contributed by atoms with Crippen molar-refractivity contribution in [3.8, 4) is 11.5 Å². The molecule has 5 nitrogen and oxygen atoms in total. The lowest BCUT2D eigenvalue weighted by Gasteiger charge is -2.19. The van der Waals surface area contributed by atoms with Gasteiger partial charge in [-0.3, -0.25) is 4.79 Å². The van der Waals surface area contributed by atoms with Crippen LogP contribution in [0.3, 0.4) is 0 Å². The van der Waals surface area contributed by atoms with Gasteiger partial charge in [0.05, 0.1) is 6.61 Å². The second kappa shape index (κ2) is 11.4. The van der Waals surface area contributed by atoms with Crippen LogP contribution < -0.4 is 14.8 Å². The molecular weight excluding hydrogens is 458 g/mol. The Balaban J connectivity index is 2.14. The number of carboxylic acid groups (broad SMARTS) is 1. The molecule has 0 amide bonds. The number of rotatable bonds is 11. The van der Waals surface area contributed by atoms with E-state index in [1.807, 2.05) is 57.2 Å². The van der Waals surface area contributed by atoms with Gasteiger partial charge < -0.3 is 19.9 Å². The molecule has 0 spiro atoms. The summed E-state index contributed by atoms with van der Waals surface area (Å²) < 4.78 is 12.5. The van der Waals surface area contributed by atoms with E-state index in [0.717, 1.165) is 15.6 Å². The number of hydrogen-bond acceptors (Lipinski definition) is 4. The van der Waals surface area contributed by atoms with Crippen LogP contribution in [0.4, 0.5) is 0 Å². The summed E-state index contributed by atoms with van der Waals surface area (Å²) in [7, 11) is 0. The van der Waals surface area contributed by atoms with Crippen molar-refractivity contribution in [2.24, 2.45) is 5.92 Å². The molecule has 2 N–H and O–H groups in total. The maximum atomic E-state index is 11.5. The molecular formula is C22H27BrClNO4. The maximum Gasteiger partial charge on any atom is 0.320 e. The molecule has 0 saturated carbocycles. The van der Waals surface area contributed by atoms with Crippen LogP contribution in [0.1, 0.15) is 38.3 Å². The largest absolute Gasteiger partial charge is 0.490 e. The molecule has 0 saturated heterocycles. The average Bonchev–Trinajstić information content (AvgIpc) is 2.65. The Labute approximate surface area is 185 Å². The first-order valence-corrected chi connectivity index (χ1v) is 10.8. The van der Waals surface area contributed by atoms with Gasteiger partial charge in [-0.25, -0.2) is 0 Å². The summed E-state index contributed by atoms with van der Waals surface area (Å²) in [5, 5.41) is 13.2. The van der Waals surface area contributed by atoms with Gasteiger partial charge in [-0.15, -0.1) is 0 Å². The number of aliphatic carboxylic acids is 1. The molecule has 7 heteroatoms. The van der Waals surface area contributed by atoms with E-state index in [1.165, 1.54) is 0 Å². The quantitative estimate of drug-likeness (QED) is 0.430. The van der Waals surface area contributed by atoms with Gasteiger partial charge in [0, 0.05) is 16.0 Å². The second-order valence-corrected chi connectivity index (χ2v) is 8.43. The van der Waals surface area contributed by atoms with Gasteiger partial charge in [-0.2, -0.15) is 0 Å². The highest BCUT2D eigenvalue weighted by molar-refractivity contribution is 9.10. The van der Waals surface area contributed by atoms with Crippen molar-refractivity contribution in [2.75, 3.05) is 6.61 Å². The van der Waals surface area contributed by atoms with Crippen LogP contribution in [0.25, 0.3) is 0 Å². The predicted octanol–water partition coefficient (Wildman–Crippen LogP) is 5.67. The van der Waals surface area contributed by atoms with Gasteiger partial charge in [-0.1, -0.05) is 53.5 Å². The summed E-state index contributed by atoms with van der Waals surface area (Å²) in [6.45, 7) is 7.18. The van der Waals surface area contributed by atoms with Crippen molar-refractivity contribution in [3.63, 3.8) is 0 Å². The Morgan fingerprint density at radius 3 is 2.55 bits per heavy atom. The highest BCUT2D eigenvalue weighted by Gasteiger charge is 2.19. The molecule has 2 aromatic carbocycles. The Kier molecular flexibility index (Phi) is 9.27. The Morgan fingerprint density at radius 2 is 1.93 bits per heavy atom. The SMILES string of the molecule is CCOc1cc(CNC(CC(C)C)C(=O)O)c(Br)cc1OCc1cccc(Cl)c1.